The van der Waals surface area contributed by atoms with Crippen LogP contribution < -0.4 is 18.9 Å². The molecule has 2 fully saturated rings. The van der Waals surface area contributed by atoms with Crippen molar-refractivity contribution in [2.24, 2.45) is 0 Å². The Bertz CT molecular complexity index is 1770. The van der Waals surface area contributed by atoms with Gasteiger partial charge >= 0.3 is 11.9 Å². The van der Waals surface area contributed by atoms with Crippen molar-refractivity contribution in [3.8, 4) is 34.1 Å². The lowest BCUT2D eigenvalue weighted by atomic mass is 9.82. The number of carbonyl (C=O) groups excluding carboxylic acids is 2. The van der Waals surface area contributed by atoms with Gasteiger partial charge in [-0.1, -0.05) is 26.0 Å². The zero-order valence-electron chi connectivity index (χ0n) is 26.7. The fourth-order valence-electron chi connectivity index (χ4n) is 5.56. The molecule has 3 aliphatic rings. The number of benzene rings is 4. The molecule has 2 saturated heterocycles. The Hall–Kier alpha value is -4.88. The number of carbonyl (C=O) groups is 2. The summed E-state index contributed by atoms with van der Waals surface area (Å²) >= 11 is 0. The van der Waals surface area contributed by atoms with Gasteiger partial charge in [0.25, 0.3) is 0 Å². The second-order valence-corrected chi connectivity index (χ2v) is 12.3. The van der Waals surface area contributed by atoms with Gasteiger partial charge in [0.15, 0.2) is 13.6 Å². The smallest absolute Gasteiger partial charge is 0.346 e. The largest absolute Gasteiger partial charge is 0.467 e. The van der Waals surface area contributed by atoms with Gasteiger partial charge in [-0.3, -0.25) is 0 Å². The molecular weight excluding hydrogens is 642 g/mol. The number of halogens is 2. The number of hydrogen-bond donors (Lipinski definition) is 0. The van der Waals surface area contributed by atoms with Crippen LogP contribution in [0.3, 0.4) is 0 Å². The van der Waals surface area contributed by atoms with Crippen LogP contribution in [0.1, 0.15) is 45.7 Å². The molecule has 0 spiro atoms. The van der Waals surface area contributed by atoms with Crippen LogP contribution >= 0.6 is 0 Å². The number of ether oxygens (including phenoxy) is 8. The first-order chi connectivity index (χ1) is 23.7. The quantitative estimate of drug-likeness (QED) is 0.0503. The van der Waals surface area contributed by atoms with Crippen molar-refractivity contribution < 1.29 is 56.3 Å². The molecule has 0 amide bonds. The fourth-order valence-corrected chi connectivity index (χ4v) is 5.56. The molecule has 4 aromatic rings. The van der Waals surface area contributed by atoms with E-state index in [2.05, 4.69) is 0 Å². The molecule has 2 heterocycles. The molecule has 49 heavy (non-hydrogen) atoms. The highest BCUT2D eigenvalue weighted by Crippen LogP contribution is 2.50. The summed E-state index contributed by atoms with van der Waals surface area (Å²) in [5.41, 5.74) is 2.42. The predicted molar refractivity (Wildman–Crippen MR) is 169 cm³/mol. The summed E-state index contributed by atoms with van der Waals surface area (Å²) in [5, 5.41) is 0. The Kier molecular flexibility index (Phi) is 9.03. The zero-order valence-corrected chi connectivity index (χ0v) is 26.7. The van der Waals surface area contributed by atoms with Gasteiger partial charge in [0.05, 0.1) is 37.6 Å². The first-order valence-corrected chi connectivity index (χ1v) is 15.6. The zero-order chi connectivity index (χ0) is 34.1. The molecule has 1 aliphatic carbocycles. The van der Waals surface area contributed by atoms with Gasteiger partial charge in [-0.2, -0.15) is 0 Å². The van der Waals surface area contributed by atoms with Crippen molar-refractivity contribution in [3.05, 3.63) is 107 Å². The van der Waals surface area contributed by atoms with Crippen LogP contribution in [0.4, 0.5) is 8.78 Å². The van der Waals surface area contributed by atoms with E-state index in [0.717, 1.165) is 34.4 Å². The van der Waals surface area contributed by atoms with E-state index in [1.165, 1.54) is 24.3 Å². The Morgan fingerprint density at radius 1 is 0.653 bits per heavy atom. The molecule has 2 unspecified atom stereocenters. The number of epoxide rings is 2. The first kappa shape index (κ1) is 32.7. The Morgan fingerprint density at radius 2 is 1.06 bits per heavy atom. The molecule has 0 radical (unpaired) electrons. The van der Waals surface area contributed by atoms with Gasteiger partial charge in [0.1, 0.15) is 46.8 Å². The Balaban J connectivity index is 0.989. The summed E-state index contributed by atoms with van der Waals surface area (Å²) in [7, 11) is 0. The van der Waals surface area contributed by atoms with Gasteiger partial charge in [0.2, 0.25) is 0 Å². The average Bonchev–Trinajstić information content (AvgIpc) is 4.02. The highest BCUT2D eigenvalue weighted by atomic mass is 19.1. The van der Waals surface area contributed by atoms with Crippen molar-refractivity contribution >= 4 is 11.9 Å². The Morgan fingerprint density at radius 3 is 1.45 bits per heavy atom. The molecule has 7 rings (SSSR count). The van der Waals surface area contributed by atoms with Crippen molar-refractivity contribution in [3.63, 3.8) is 0 Å². The molecule has 254 valence electrons. The molecule has 2 aliphatic heterocycles. The lowest BCUT2D eigenvalue weighted by Crippen LogP contribution is -2.17. The standard InChI is InChI=1S/C37H32F2O10/c1-37(2)31-11-23(48-35(40)29-9-3-21(13-33(29)38)46-19-42-15-25-17-44-25)5-7-27(31)28-8-6-24(12-32(28)37)49-36(41)30-10-4-22(14-34(30)39)47-20-43-16-26-18-45-26/h3-14,25-26H,15-20H2,1-2H3. The van der Waals surface area contributed by atoms with Gasteiger partial charge in [-0.15, -0.1) is 0 Å². The summed E-state index contributed by atoms with van der Waals surface area (Å²) < 4.78 is 72.2. The van der Waals surface area contributed by atoms with Gasteiger partial charge in [0, 0.05) is 17.5 Å². The van der Waals surface area contributed by atoms with Crippen LogP contribution in [0.2, 0.25) is 0 Å². The van der Waals surface area contributed by atoms with E-state index >= 15 is 0 Å². The normalized spacial score (nSPS) is 17.9. The number of fused-ring (bicyclic) bond motifs is 3. The molecule has 0 N–H and O–H groups in total. The van der Waals surface area contributed by atoms with Crippen LogP contribution in [0, 0.1) is 11.6 Å². The minimum Gasteiger partial charge on any atom is -0.467 e. The maximum atomic E-state index is 14.8. The summed E-state index contributed by atoms with van der Waals surface area (Å²) in [4.78, 5) is 25.9. The van der Waals surface area contributed by atoms with E-state index in [0.29, 0.717) is 26.4 Å². The second kappa shape index (κ2) is 13.6. The molecule has 4 aromatic carbocycles. The number of esters is 2. The molecule has 0 saturated carbocycles. The highest BCUT2D eigenvalue weighted by Gasteiger charge is 2.36. The van der Waals surface area contributed by atoms with Crippen LogP contribution in [-0.4, -0.2) is 64.2 Å². The van der Waals surface area contributed by atoms with Gasteiger partial charge in [-0.25, -0.2) is 18.4 Å². The minimum atomic E-state index is -0.863. The van der Waals surface area contributed by atoms with E-state index in [-0.39, 0.29) is 59.9 Å². The van der Waals surface area contributed by atoms with Crippen LogP contribution in [0.5, 0.6) is 23.0 Å². The van der Waals surface area contributed by atoms with Crippen molar-refractivity contribution in [2.45, 2.75) is 31.5 Å². The molecule has 10 nitrogen and oxygen atoms in total. The van der Waals surface area contributed by atoms with Crippen molar-refractivity contribution in [1.29, 1.82) is 0 Å². The molecule has 12 heteroatoms. The van der Waals surface area contributed by atoms with Crippen LogP contribution in [-0.2, 0) is 24.4 Å². The Labute approximate surface area is 280 Å². The fraction of sp³-hybridized carbons (Fsp3) is 0.297. The summed E-state index contributed by atoms with van der Waals surface area (Å²) in [6.45, 7) is 5.92. The summed E-state index contributed by atoms with van der Waals surface area (Å²) in [5.74, 6) is -2.42. The number of hydrogen-bond acceptors (Lipinski definition) is 10. The highest BCUT2D eigenvalue weighted by molar-refractivity contribution is 5.93. The lowest BCUT2D eigenvalue weighted by Gasteiger charge is -2.22. The predicted octanol–water partition coefficient (Wildman–Crippen LogP) is 6.21. The van der Waals surface area contributed by atoms with Gasteiger partial charge < -0.3 is 37.9 Å². The molecular formula is C37H32F2O10. The second-order valence-electron chi connectivity index (χ2n) is 12.3. The molecule has 0 aromatic heterocycles. The minimum absolute atomic E-state index is 0.0729. The topological polar surface area (TPSA) is 115 Å². The first-order valence-electron chi connectivity index (χ1n) is 15.6. The van der Waals surface area contributed by atoms with E-state index in [1.807, 2.05) is 26.0 Å². The van der Waals surface area contributed by atoms with Crippen LogP contribution in [0.15, 0.2) is 72.8 Å². The van der Waals surface area contributed by atoms with Crippen molar-refractivity contribution in [2.75, 3.05) is 40.0 Å². The van der Waals surface area contributed by atoms with E-state index in [1.54, 1.807) is 24.3 Å². The average molecular weight is 675 g/mol. The third kappa shape index (κ3) is 7.42. The van der Waals surface area contributed by atoms with E-state index in [9.17, 15) is 18.4 Å². The number of rotatable bonds is 14. The summed E-state index contributed by atoms with van der Waals surface area (Å²) in [6.07, 6.45) is 0.169. The SMILES string of the molecule is CC1(C)c2cc(OC(=O)c3ccc(OCOCC4CO4)cc3F)ccc2-c2ccc(OC(=O)c3ccc(OCOCC4CO4)cc3F)cc21. The van der Waals surface area contributed by atoms with Gasteiger partial charge in [-0.05, 0) is 70.8 Å². The summed E-state index contributed by atoms with van der Waals surface area (Å²) in [6, 6.07) is 18.1. The molecule has 2 atom stereocenters. The van der Waals surface area contributed by atoms with Crippen molar-refractivity contribution in [1.82, 2.24) is 0 Å². The molecule has 0 bridgehead atoms. The lowest BCUT2D eigenvalue weighted by molar-refractivity contribution is 0.00792. The van der Waals surface area contributed by atoms with E-state index in [4.69, 9.17) is 37.9 Å². The third-order valence-corrected chi connectivity index (χ3v) is 8.39. The maximum absolute atomic E-state index is 14.8. The maximum Gasteiger partial charge on any atom is 0.346 e. The third-order valence-electron chi connectivity index (χ3n) is 8.39. The van der Waals surface area contributed by atoms with E-state index < -0.39 is 29.0 Å². The monoisotopic (exact) mass is 674 g/mol. The van der Waals surface area contributed by atoms with Crippen LogP contribution in [0.25, 0.3) is 11.1 Å².